The predicted octanol–water partition coefficient (Wildman–Crippen LogP) is 1.33. The van der Waals surface area contributed by atoms with Crippen LogP contribution in [0.1, 0.15) is 39.0 Å². The monoisotopic (exact) mass is 290 g/mol. The molecular formula is C12H22N2O4S. The summed E-state index contributed by atoms with van der Waals surface area (Å²) in [5.41, 5.74) is 0. The molecule has 7 heteroatoms. The number of nitrogens with zero attached hydrogens (tertiary/aromatic N) is 2. The van der Waals surface area contributed by atoms with Crippen LogP contribution < -0.4 is 0 Å². The van der Waals surface area contributed by atoms with Gasteiger partial charge in [-0.1, -0.05) is 6.42 Å². The maximum absolute atomic E-state index is 12.2. The van der Waals surface area contributed by atoms with Crippen molar-refractivity contribution in [3.63, 3.8) is 0 Å². The standard InChI is InChI=1S/C12H22N2O4S/c1-3-19(17,18)14-9-5-4-6-10(14)8-11(7-9)13(2)12(15)16/h9-11H,3-8H2,1-2H3,(H,15,16)/t9-,10+,11?. The third-order valence-electron chi connectivity index (χ3n) is 4.42. The first-order valence-electron chi connectivity index (χ1n) is 6.83. The number of rotatable bonds is 3. The number of hydrogen-bond acceptors (Lipinski definition) is 3. The molecule has 2 aliphatic heterocycles. The maximum atomic E-state index is 12.2. The zero-order valence-electron chi connectivity index (χ0n) is 11.4. The van der Waals surface area contributed by atoms with Crippen LogP contribution in [0.5, 0.6) is 0 Å². The summed E-state index contributed by atoms with van der Waals surface area (Å²) in [6, 6.07) is -0.107. The average molecular weight is 290 g/mol. The van der Waals surface area contributed by atoms with Crippen molar-refractivity contribution in [3.05, 3.63) is 0 Å². The van der Waals surface area contributed by atoms with Crippen molar-refractivity contribution in [1.82, 2.24) is 9.21 Å². The second kappa shape index (κ2) is 5.28. The van der Waals surface area contributed by atoms with E-state index in [2.05, 4.69) is 0 Å². The third kappa shape index (κ3) is 2.72. The fourth-order valence-electron chi connectivity index (χ4n) is 3.39. The molecule has 2 aliphatic rings. The van der Waals surface area contributed by atoms with E-state index in [-0.39, 0.29) is 23.9 Å². The lowest BCUT2D eigenvalue weighted by atomic mass is 9.83. The first-order valence-corrected chi connectivity index (χ1v) is 8.44. The van der Waals surface area contributed by atoms with Gasteiger partial charge in [0.2, 0.25) is 10.0 Å². The molecule has 0 saturated carbocycles. The average Bonchev–Trinajstić information content (AvgIpc) is 2.36. The van der Waals surface area contributed by atoms with Crippen LogP contribution in [-0.4, -0.2) is 59.7 Å². The van der Waals surface area contributed by atoms with E-state index >= 15 is 0 Å². The van der Waals surface area contributed by atoms with E-state index in [0.717, 1.165) is 19.3 Å². The Morgan fingerprint density at radius 2 is 1.84 bits per heavy atom. The smallest absolute Gasteiger partial charge is 0.407 e. The van der Waals surface area contributed by atoms with Crippen molar-refractivity contribution < 1.29 is 18.3 Å². The molecule has 0 radical (unpaired) electrons. The molecule has 110 valence electrons. The Labute approximate surface area is 114 Å². The first-order chi connectivity index (χ1) is 8.86. The van der Waals surface area contributed by atoms with Crippen molar-refractivity contribution in [3.8, 4) is 0 Å². The molecule has 2 fully saturated rings. The van der Waals surface area contributed by atoms with E-state index in [0.29, 0.717) is 12.8 Å². The van der Waals surface area contributed by atoms with Crippen molar-refractivity contribution in [2.75, 3.05) is 12.8 Å². The van der Waals surface area contributed by atoms with Crippen LogP contribution >= 0.6 is 0 Å². The quantitative estimate of drug-likeness (QED) is 0.850. The highest BCUT2D eigenvalue weighted by Crippen LogP contribution is 2.37. The van der Waals surface area contributed by atoms with E-state index in [1.807, 2.05) is 0 Å². The molecule has 19 heavy (non-hydrogen) atoms. The number of hydrogen-bond donors (Lipinski definition) is 1. The Kier molecular flexibility index (Phi) is 4.06. The lowest BCUT2D eigenvalue weighted by Gasteiger charge is -2.49. The van der Waals surface area contributed by atoms with Crippen LogP contribution in [0.4, 0.5) is 4.79 Å². The molecular weight excluding hydrogens is 268 g/mol. The van der Waals surface area contributed by atoms with Gasteiger partial charge in [0, 0.05) is 25.2 Å². The summed E-state index contributed by atoms with van der Waals surface area (Å²) >= 11 is 0. The summed E-state index contributed by atoms with van der Waals surface area (Å²) in [6.45, 7) is 1.67. The van der Waals surface area contributed by atoms with Crippen molar-refractivity contribution in [2.24, 2.45) is 0 Å². The van der Waals surface area contributed by atoms with Crippen LogP contribution in [0.25, 0.3) is 0 Å². The van der Waals surface area contributed by atoms with E-state index < -0.39 is 16.1 Å². The largest absolute Gasteiger partial charge is 0.465 e. The van der Waals surface area contributed by atoms with Gasteiger partial charge in [-0.3, -0.25) is 0 Å². The Morgan fingerprint density at radius 1 is 1.32 bits per heavy atom. The molecule has 0 aromatic heterocycles. The van der Waals surface area contributed by atoms with Gasteiger partial charge in [-0.05, 0) is 32.6 Å². The van der Waals surface area contributed by atoms with Crippen LogP contribution in [0.2, 0.25) is 0 Å². The molecule has 6 nitrogen and oxygen atoms in total. The molecule has 0 aromatic carbocycles. The van der Waals surface area contributed by atoms with Crippen LogP contribution in [0, 0.1) is 0 Å². The number of amides is 1. The van der Waals surface area contributed by atoms with Gasteiger partial charge in [0.15, 0.2) is 0 Å². The highest BCUT2D eigenvalue weighted by atomic mass is 32.2. The van der Waals surface area contributed by atoms with Gasteiger partial charge < -0.3 is 10.0 Å². The van der Waals surface area contributed by atoms with Gasteiger partial charge in [-0.15, -0.1) is 0 Å². The fourth-order valence-corrected chi connectivity index (χ4v) is 4.97. The van der Waals surface area contributed by atoms with Crippen LogP contribution in [0.15, 0.2) is 0 Å². The number of sulfonamides is 1. The third-order valence-corrected chi connectivity index (χ3v) is 6.39. The van der Waals surface area contributed by atoms with E-state index in [4.69, 9.17) is 5.11 Å². The number of fused-ring (bicyclic) bond motifs is 2. The highest BCUT2D eigenvalue weighted by molar-refractivity contribution is 7.89. The Bertz CT molecular complexity index is 437. The molecule has 1 unspecified atom stereocenters. The molecule has 0 aromatic rings. The normalized spacial score (nSPS) is 32.0. The molecule has 2 rings (SSSR count). The molecule has 1 amide bonds. The van der Waals surface area contributed by atoms with Gasteiger partial charge in [0.1, 0.15) is 0 Å². The second-order valence-electron chi connectivity index (χ2n) is 5.49. The molecule has 1 N–H and O–H groups in total. The molecule has 2 saturated heterocycles. The molecule has 0 spiro atoms. The van der Waals surface area contributed by atoms with E-state index in [1.54, 1.807) is 18.3 Å². The topological polar surface area (TPSA) is 77.9 Å². The van der Waals surface area contributed by atoms with Crippen LogP contribution in [0.3, 0.4) is 0 Å². The number of piperidine rings is 2. The SMILES string of the molecule is CCS(=O)(=O)N1[C@@H]2CCC[C@H]1CC(N(C)C(=O)O)C2. The lowest BCUT2D eigenvalue weighted by molar-refractivity contribution is 0.0552. The molecule has 2 heterocycles. The Morgan fingerprint density at radius 3 is 2.26 bits per heavy atom. The Hall–Kier alpha value is -0.820. The number of carboxylic acid groups (broad SMARTS) is 1. The second-order valence-corrected chi connectivity index (χ2v) is 7.65. The van der Waals surface area contributed by atoms with Gasteiger partial charge in [-0.2, -0.15) is 4.31 Å². The van der Waals surface area contributed by atoms with Crippen molar-refractivity contribution >= 4 is 16.1 Å². The molecule has 3 atom stereocenters. The zero-order chi connectivity index (χ0) is 14.2. The van der Waals surface area contributed by atoms with Gasteiger partial charge in [0.05, 0.1) is 5.75 Å². The first kappa shape index (κ1) is 14.6. The summed E-state index contributed by atoms with van der Waals surface area (Å²) in [7, 11) is -1.61. The predicted molar refractivity (Wildman–Crippen MR) is 71.5 cm³/mol. The van der Waals surface area contributed by atoms with Gasteiger partial charge in [-0.25, -0.2) is 13.2 Å². The Balaban J connectivity index is 2.20. The summed E-state index contributed by atoms with van der Waals surface area (Å²) < 4.78 is 26.0. The summed E-state index contributed by atoms with van der Waals surface area (Å²) in [4.78, 5) is 12.4. The van der Waals surface area contributed by atoms with Crippen molar-refractivity contribution in [1.29, 1.82) is 0 Å². The van der Waals surface area contributed by atoms with E-state index in [1.165, 1.54) is 4.90 Å². The minimum Gasteiger partial charge on any atom is -0.465 e. The number of carbonyl (C=O) groups is 1. The van der Waals surface area contributed by atoms with Gasteiger partial charge in [0.25, 0.3) is 0 Å². The van der Waals surface area contributed by atoms with E-state index in [9.17, 15) is 13.2 Å². The minimum absolute atomic E-state index is 0.0238. The summed E-state index contributed by atoms with van der Waals surface area (Å²) in [6.07, 6.45) is 3.04. The molecule has 0 aliphatic carbocycles. The molecule has 2 bridgehead atoms. The van der Waals surface area contributed by atoms with Crippen molar-refractivity contribution in [2.45, 2.75) is 57.2 Å². The minimum atomic E-state index is -3.18. The lowest BCUT2D eigenvalue weighted by Crippen LogP contribution is -2.59. The fraction of sp³-hybridized carbons (Fsp3) is 0.917. The maximum Gasteiger partial charge on any atom is 0.407 e. The zero-order valence-corrected chi connectivity index (χ0v) is 12.3. The highest BCUT2D eigenvalue weighted by Gasteiger charge is 2.45. The summed E-state index contributed by atoms with van der Waals surface area (Å²) in [5, 5.41) is 9.06. The van der Waals surface area contributed by atoms with Gasteiger partial charge >= 0.3 is 6.09 Å². The summed E-state index contributed by atoms with van der Waals surface area (Å²) in [5.74, 6) is 0.124. The van der Waals surface area contributed by atoms with Crippen LogP contribution in [-0.2, 0) is 10.0 Å².